The zero-order chi connectivity index (χ0) is 18.3. The van der Waals surface area contributed by atoms with Crippen molar-refractivity contribution in [2.75, 3.05) is 5.73 Å². The molecule has 2 aromatic heterocycles. The second-order valence-corrected chi connectivity index (χ2v) is 6.39. The highest BCUT2D eigenvalue weighted by Crippen LogP contribution is 2.27. The van der Waals surface area contributed by atoms with E-state index < -0.39 is 5.82 Å². The lowest BCUT2D eigenvalue weighted by molar-refractivity contribution is 0.628. The number of fused-ring (bicyclic) bond motifs is 1. The van der Waals surface area contributed by atoms with Crippen LogP contribution < -0.4 is 5.73 Å². The Morgan fingerprint density at radius 2 is 1.88 bits per heavy atom. The Labute approximate surface area is 154 Å². The van der Waals surface area contributed by atoms with Crippen LogP contribution in [0.5, 0.6) is 0 Å². The summed E-state index contributed by atoms with van der Waals surface area (Å²) in [6.45, 7) is 1.85. The Bertz CT molecular complexity index is 1110. The molecule has 130 valence electrons. The molecule has 0 saturated heterocycles. The van der Waals surface area contributed by atoms with Crippen LogP contribution in [-0.4, -0.2) is 19.6 Å². The molecule has 0 saturated carbocycles. The lowest BCUT2D eigenvalue weighted by Gasteiger charge is -2.09. The van der Waals surface area contributed by atoms with E-state index in [1.165, 1.54) is 12.1 Å². The molecule has 26 heavy (non-hydrogen) atoms. The fourth-order valence-electron chi connectivity index (χ4n) is 2.88. The summed E-state index contributed by atoms with van der Waals surface area (Å²) < 4.78 is 15.5. The van der Waals surface area contributed by atoms with Crippen molar-refractivity contribution in [3.05, 3.63) is 76.5 Å². The van der Waals surface area contributed by atoms with Crippen molar-refractivity contribution < 1.29 is 4.39 Å². The van der Waals surface area contributed by atoms with Crippen LogP contribution in [0.1, 0.15) is 17.1 Å². The summed E-state index contributed by atoms with van der Waals surface area (Å²) >= 11 is 5.77. The highest BCUT2D eigenvalue weighted by molar-refractivity contribution is 6.30. The maximum Gasteiger partial charge on any atom is 0.198 e. The third-order valence-corrected chi connectivity index (χ3v) is 4.48. The standard InChI is InChI=1S/C19H15ClFN5/c1-11-17(13-7-8-14(20)15(21)10-13)24-18(22)19-23-16(25-26(11)19)9-12-5-3-2-4-6-12/h2-8,10H,9H2,1H3,(H2,22,24). The predicted octanol–water partition coefficient (Wildman–Crippen LogP) is 4.07. The number of aryl methyl sites for hydroxylation is 1. The number of halogens is 2. The van der Waals surface area contributed by atoms with Gasteiger partial charge in [-0.15, -0.1) is 0 Å². The van der Waals surface area contributed by atoms with Crippen LogP contribution in [0, 0.1) is 12.7 Å². The molecule has 5 nitrogen and oxygen atoms in total. The number of aromatic nitrogens is 4. The van der Waals surface area contributed by atoms with Crippen LogP contribution in [0.25, 0.3) is 16.9 Å². The second kappa shape index (κ2) is 6.38. The lowest BCUT2D eigenvalue weighted by atomic mass is 10.1. The van der Waals surface area contributed by atoms with Crippen molar-refractivity contribution in [3.8, 4) is 11.3 Å². The maximum absolute atomic E-state index is 13.8. The first-order chi connectivity index (χ1) is 12.5. The Kier molecular flexibility index (Phi) is 4.05. The third-order valence-electron chi connectivity index (χ3n) is 4.17. The van der Waals surface area contributed by atoms with Crippen LogP contribution in [0.15, 0.2) is 48.5 Å². The first-order valence-corrected chi connectivity index (χ1v) is 8.42. The van der Waals surface area contributed by atoms with Crippen LogP contribution in [-0.2, 0) is 6.42 Å². The average molecular weight is 368 g/mol. The Morgan fingerprint density at radius 3 is 2.62 bits per heavy atom. The summed E-state index contributed by atoms with van der Waals surface area (Å²) in [6, 6.07) is 14.5. The molecule has 0 amide bonds. The van der Waals surface area contributed by atoms with Crippen molar-refractivity contribution in [1.82, 2.24) is 19.6 Å². The molecule has 0 bridgehead atoms. The van der Waals surface area contributed by atoms with Crippen LogP contribution in [0.4, 0.5) is 10.2 Å². The van der Waals surface area contributed by atoms with Gasteiger partial charge in [0.1, 0.15) is 5.82 Å². The molecule has 2 heterocycles. The number of rotatable bonds is 3. The van der Waals surface area contributed by atoms with E-state index in [2.05, 4.69) is 15.1 Å². The minimum absolute atomic E-state index is 0.0614. The zero-order valence-corrected chi connectivity index (χ0v) is 14.7. The van der Waals surface area contributed by atoms with Gasteiger partial charge < -0.3 is 5.73 Å². The van der Waals surface area contributed by atoms with E-state index in [9.17, 15) is 4.39 Å². The Hall–Kier alpha value is -2.99. The third kappa shape index (κ3) is 2.88. The molecule has 0 atom stereocenters. The van der Waals surface area contributed by atoms with E-state index in [4.69, 9.17) is 17.3 Å². The Morgan fingerprint density at radius 1 is 1.12 bits per heavy atom. The number of nitrogen functional groups attached to an aromatic ring is 1. The molecule has 0 aliphatic carbocycles. The van der Waals surface area contributed by atoms with Crippen molar-refractivity contribution in [2.24, 2.45) is 0 Å². The van der Waals surface area contributed by atoms with E-state index in [1.54, 1.807) is 10.6 Å². The first kappa shape index (κ1) is 16.5. The quantitative estimate of drug-likeness (QED) is 0.592. The normalized spacial score (nSPS) is 11.2. The molecule has 0 fully saturated rings. The van der Waals surface area contributed by atoms with E-state index >= 15 is 0 Å². The molecule has 0 aliphatic rings. The van der Waals surface area contributed by atoms with Crippen LogP contribution in [0.3, 0.4) is 0 Å². The van der Waals surface area contributed by atoms with Crippen molar-refractivity contribution in [3.63, 3.8) is 0 Å². The van der Waals surface area contributed by atoms with Gasteiger partial charge in [0.15, 0.2) is 17.3 Å². The van der Waals surface area contributed by atoms with E-state index in [-0.39, 0.29) is 10.8 Å². The number of anilines is 1. The summed E-state index contributed by atoms with van der Waals surface area (Å²) in [5.74, 6) is 0.382. The molecule has 0 aliphatic heterocycles. The SMILES string of the molecule is Cc1c(-c2ccc(Cl)c(F)c2)nc(N)c2nc(Cc3ccccc3)nn12. The van der Waals surface area contributed by atoms with Crippen LogP contribution >= 0.6 is 11.6 Å². The van der Waals surface area contributed by atoms with Gasteiger partial charge in [-0.05, 0) is 24.6 Å². The summed E-state index contributed by atoms with van der Waals surface area (Å²) in [5, 5.41) is 4.62. The van der Waals surface area contributed by atoms with Crippen LogP contribution in [0.2, 0.25) is 5.02 Å². The van der Waals surface area contributed by atoms with Gasteiger partial charge in [0, 0.05) is 12.0 Å². The largest absolute Gasteiger partial charge is 0.381 e. The number of hydrogen-bond donors (Lipinski definition) is 1. The predicted molar refractivity (Wildman–Crippen MR) is 99.6 cm³/mol. The van der Waals surface area contributed by atoms with Gasteiger partial charge >= 0.3 is 0 Å². The number of hydrogen-bond acceptors (Lipinski definition) is 4. The smallest absolute Gasteiger partial charge is 0.198 e. The lowest BCUT2D eigenvalue weighted by Crippen LogP contribution is -2.05. The molecule has 7 heteroatoms. The van der Waals surface area contributed by atoms with Gasteiger partial charge in [0.05, 0.1) is 16.4 Å². The van der Waals surface area contributed by atoms with E-state index in [0.717, 1.165) is 11.3 Å². The number of nitrogens with two attached hydrogens (primary N) is 1. The fraction of sp³-hybridized carbons (Fsp3) is 0.105. The minimum atomic E-state index is -0.507. The summed E-state index contributed by atoms with van der Waals surface area (Å²) in [5.41, 5.74) is 9.53. The molecule has 0 spiro atoms. The molecular weight excluding hydrogens is 353 g/mol. The maximum atomic E-state index is 13.8. The fourth-order valence-corrected chi connectivity index (χ4v) is 2.99. The Balaban J connectivity index is 1.82. The van der Waals surface area contributed by atoms with Gasteiger partial charge in [0.2, 0.25) is 0 Å². The molecule has 4 rings (SSSR count). The minimum Gasteiger partial charge on any atom is -0.381 e. The van der Waals surface area contributed by atoms with Crippen molar-refractivity contribution in [1.29, 1.82) is 0 Å². The van der Waals surface area contributed by atoms with Gasteiger partial charge in [-0.25, -0.2) is 18.9 Å². The highest BCUT2D eigenvalue weighted by atomic mass is 35.5. The molecule has 2 aromatic carbocycles. The van der Waals surface area contributed by atoms with E-state index in [1.807, 2.05) is 37.3 Å². The monoisotopic (exact) mass is 367 g/mol. The first-order valence-electron chi connectivity index (χ1n) is 8.04. The zero-order valence-electron chi connectivity index (χ0n) is 13.9. The average Bonchev–Trinajstić information content (AvgIpc) is 3.06. The summed E-state index contributed by atoms with van der Waals surface area (Å²) in [7, 11) is 0. The molecule has 0 unspecified atom stereocenters. The van der Waals surface area contributed by atoms with Gasteiger partial charge in [-0.3, -0.25) is 0 Å². The van der Waals surface area contributed by atoms with Gasteiger partial charge in [-0.1, -0.05) is 48.0 Å². The summed E-state index contributed by atoms with van der Waals surface area (Å²) in [6.07, 6.45) is 0.590. The summed E-state index contributed by atoms with van der Waals surface area (Å²) in [4.78, 5) is 8.91. The van der Waals surface area contributed by atoms with Gasteiger partial charge in [-0.2, -0.15) is 5.10 Å². The number of benzene rings is 2. The second-order valence-electron chi connectivity index (χ2n) is 5.99. The highest BCUT2D eigenvalue weighted by Gasteiger charge is 2.16. The van der Waals surface area contributed by atoms with Gasteiger partial charge in [0.25, 0.3) is 0 Å². The molecule has 4 aromatic rings. The van der Waals surface area contributed by atoms with Crippen molar-refractivity contribution in [2.45, 2.75) is 13.3 Å². The molecule has 0 radical (unpaired) electrons. The van der Waals surface area contributed by atoms with Crippen molar-refractivity contribution >= 4 is 23.1 Å². The topological polar surface area (TPSA) is 69.1 Å². The molecular formula is C19H15ClFN5. The number of nitrogens with zero attached hydrogens (tertiary/aromatic N) is 4. The van der Waals surface area contributed by atoms with E-state index in [0.29, 0.717) is 29.1 Å². The molecule has 2 N–H and O–H groups in total.